The van der Waals surface area contributed by atoms with Crippen LogP contribution in [0.4, 0.5) is 0 Å². The van der Waals surface area contributed by atoms with E-state index in [0.29, 0.717) is 25.8 Å². The highest BCUT2D eigenvalue weighted by atomic mass is 16.4. The number of carboxylic acid groups (broad SMARTS) is 1. The number of rotatable bonds is 5. The molecule has 1 heterocycles. The molecule has 1 aromatic rings. The van der Waals surface area contributed by atoms with E-state index in [-0.39, 0.29) is 23.4 Å². The number of nitrogens with one attached hydrogen (secondary N) is 1. The molecule has 1 aliphatic heterocycles. The third kappa shape index (κ3) is 4.31. The monoisotopic (exact) mass is 318 g/mol. The lowest BCUT2D eigenvalue weighted by Crippen LogP contribution is -2.51. The second-order valence-corrected chi connectivity index (χ2v) is 5.72. The molecule has 0 spiro atoms. The number of aromatic carboxylic acids is 1. The van der Waals surface area contributed by atoms with Crippen molar-refractivity contribution in [2.45, 2.75) is 38.1 Å². The quantitative estimate of drug-likeness (QED) is 0.860. The summed E-state index contributed by atoms with van der Waals surface area (Å²) < 4.78 is 0. The minimum absolute atomic E-state index is 0.0272. The molecule has 2 rings (SSSR count). The predicted molar refractivity (Wildman–Crippen MR) is 85.1 cm³/mol. The zero-order valence-corrected chi connectivity index (χ0v) is 13.2. The van der Waals surface area contributed by atoms with E-state index in [2.05, 4.69) is 5.32 Å². The SMILES string of the molecule is CNC(=O)C1CCCCN1C(=O)CCc1ccc(C(=O)O)cc1. The highest BCUT2D eigenvalue weighted by Crippen LogP contribution is 2.19. The Morgan fingerprint density at radius 2 is 1.91 bits per heavy atom. The van der Waals surface area contributed by atoms with Gasteiger partial charge in [0, 0.05) is 20.0 Å². The van der Waals surface area contributed by atoms with Gasteiger partial charge in [0.05, 0.1) is 5.56 Å². The standard InChI is InChI=1S/C17H22N2O4/c1-18-16(21)14-4-2-3-11-19(14)15(20)10-7-12-5-8-13(9-6-12)17(22)23/h5-6,8-9,14H,2-4,7,10-11H2,1H3,(H,18,21)(H,22,23). The summed E-state index contributed by atoms with van der Waals surface area (Å²) in [7, 11) is 1.59. The molecule has 0 saturated carbocycles. The normalized spacial score (nSPS) is 17.6. The van der Waals surface area contributed by atoms with Crippen LogP contribution >= 0.6 is 0 Å². The molecule has 0 aliphatic carbocycles. The lowest BCUT2D eigenvalue weighted by Gasteiger charge is -2.34. The Bertz CT molecular complexity index is 583. The summed E-state index contributed by atoms with van der Waals surface area (Å²) in [5.41, 5.74) is 1.15. The van der Waals surface area contributed by atoms with E-state index in [1.54, 1.807) is 24.1 Å². The summed E-state index contributed by atoms with van der Waals surface area (Å²) in [5, 5.41) is 11.5. The van der Waals surface area contributed by atoms with Crippen LogP contribution in [0.5, 0.6) is 0 Å². The van der Waals surface area contributed by atoms with Gasteiger partial charge in [-0.25, -0.2) is 4.79 Å². The van der Waals surface area contributed by atoms with Crippen LogP contribution < -0.4 is 5.32 Å². The molecule has 2 amide bonds. The summed E-state index contributed by atoms with van der Waals surface area (Å²) in [6.45, 7) is 0.620. The zero-order chi connectivity index (χ0) is 16.8. The van der Waals surface area contributed by atoms with Crippen LogP contribution in [0.15, 0.2) is 24.3 Å². The fraction of sp³-hybridized carbons (Fsp3) is 0.471. The molecular formula is C17H22N2O4. The number of aryl methyl sites for hydroxylation is 1. The lowest BCUT2D eigenvalue weighted by molar-refractivity contribution is -0.142. The molecular weight excluding hydrogens is 296 g/mol. The maximum absolute atomic E-state index is 12.4. The zero-order valence-electron chi connectivity index (χ0n) is 13.2. The minimum atomic E-state index is -0.964. The van der Waals surface area contributed by atoms with Crippen molar-refractivity contribution in [3.8, 4) is 0 Å². The first-order chi connectivity index (χ1) is 11.0. The third-order valence-corrected chi connectivity index (χ3v) is 4.20. The minimum Gasteiger partial charge on any atom is -0.478 e. The molecule has 1 atom stereocenters. The topological polar surface area (TPSA) is 86.7 Å². The molecule has 1 aliphatic rings. The first-order valence-corrected chi connectivity index (χ1v) is 7.86. The predicted octanol–water partition coefficient (Wildman–Crippen LogP) is 1.44. The van der Waals surface area contributed by atoms with Crippen molar-refractivity contribution in [1.82, 2.24) is 10.2 Å². The van der Waals surface area contributed by atoms with Crippen molar-refractivity contribution in [1.29, 1.82) is 0 Å². The molecule has 1 unspecified atom stereocenters. The molecule has 1 aromatic carbocycles. The maximum Gasteiger partial charge on any atom is 0.335 e. The van der Waals surface area contributed by atoms with Crippen molar-refractivity contribution < 1.29 is 19.5 Å². The van der Waals surface area contributed by atoms with Crippen molar-refractivity contribution in [3.63, 3.8) is 0 Å². The van der Waals surface area contributed by atoms with E-state index in [4.69, 9.17) is 5.11 Å². The molecule has 23 heavy (non-hydrogen) atoms. The molecule has 6 nitrogen and oxygen atoms in total. The maximum atomic E-state index is 12.4. The Morgan fingerprint density at radius 3 is 2.52 bits per heavy atom. The summed E-state index contributed by atoms with van der Waals surface area (Å²) in [4.78, 5) is 36.8. The largest absolute Gasteiger partial charge is 0.478 e. The average Bonchev–Trinajstić information content (AvgIpc) is 2.59. The number of amides is 2. The number of carboxylic acids is 1. The van der Waals surface area contributed by atoms with Gasteiger partial charge in [-0.15, -0.1) is 0 Å². The van der Waals surface area contributed by atoms with E-state index in [9.17, 15) is 14.4 Å². The molecule has 124 valence electrons. The Balaban J connectivity index is 1.94. The van der Waals surface area contributed by atoms with E-state index in [1.165, 1.54) is 12.1 Å². The van der Waals surface area contributed by atoms with Gasteiger partial charge in [0.15, 0.2) is 0 Å². The summed E-state index contributed by atoms with van der Waals surface area (Å²) >= 11 is 0. The second-order valence-electron chi connectivity index (χ2n) is 5.72. The van der Waals surface area contributed by atoms with Crippen LogP contribution in [0.25, 0.3) is 0 Å². The van der Waals surface area contributed by atoms with Gasteiger partial charge < -0.3 is 15.3 Å². The molecule has 2 N–H and O–H groups in total. The number of hydrogen-bond acceptors (Lipinski definition) is 3. The van der Waals surface area contributed by atoms with Gasteiger partial charge in [0.2, 0.25) is 11.8 Å². The average molecular weight is 318 g/mol. The fourth-order valence-corrected chi connectivity index (χ4v) is 2.88. The van der Waals surface area contributed by atoms with Gasteiger partial charge >= 0.3 is 5.97 Å². The number of nitrogens with zero attached hydrogens (tertiary/aromatic N) is 1. The van der Waals surface area contributed by atoms with Crippen LogP contribution in [-0.4, -0.2) is 47.4 Å². The Hall–Kier alpha value is -2.37. The lowest BCUT2D eigenvalue weighted by atomic mass is 10.00. The highest BCUT2D eigenvalue weighted by molar-refractivity contribution is 5.88. The second kappa shape index (κ2) is 7.76. The third-order valence-electron chi connectivity index (χ3n) is 4.20. The van der Waals surface area contributed by atoms with Crippen LogP contribution in [0, 0.1) is 0 Å². The number of carbonyl (C=O) groups is 3. The number of benzene rings is 1. The van der Waals surface area contributed by atoms with Crippen molar-refractivity contribution in [3.05, 3.63) is 35.4 Å². The number of likely N-dealkylation sites (tertiary alicyclic amines) is 1. The van der Waals surface area contributed by atoms with Crippen molar-refractivity contribution in [2.24, 2.45) is 0 Å². The van der Waals surface area contributed by atoms with E-state index in [1.807, 2.05) is 0 Å². The first kappa shape index (κ1) is 17.0. The highest BCUT2D eigenvalue weighted by Gasteiger charge is 2.30. The molecule has 0 aromatic heterocycles. The molecule has 0 radical (unpaired) electrons. The van der Waals surface area contributed by atoms with Crippen LogP contribution in [0.3, 0.4) is 0 Å². The van der Waals surface area contributed by atoms with Gasteiger partial charge in [0.25, 0.3) is 0 Å². The van der Waals surface area contributed by atoms with Crippen LogP contribution in [-0.2, 0) is 16.0 Å². The summed E-state index contributed by atoms with van der Waals surface area (Å²) in [5.74, 6) is -1.10. The van der Waals surface area contributed by atoms with Crippen molar-refractivity contribution >= 4 is 17.8 Å². The van der Waals surface area contributed by atoms with E-state index in [0.717, 1.165) is 18.4 Å². The van der Waals surface area contributed by atoms with Gasteiger partial charge in [-0.2, -0.15) is 0 Å². The van der Waals surface area contributed by atoms with E-state index >= 15 is 0 Å². The van der Waals surface area contributed by atoms with E-state index < -0.39 is 5.97 Å². The number of piperidine rings is 1. The molecule has 6 heteroatoms. The van der Waals surface area contributed by atoms with Crippen LogP contribution in [0.2, 0.25) is 0 Å². The van der Waals surface area contributed by atoms with Gasteiger partial charge in [-0.1, -0.05) is 12.1 Å². The van der Waals surface area contributed by atoms with Gasteiger partial charge in [-0.05, 0) is 43.4 Å². The van der Waals surface area contributed by atoms with Crippen molar-refractivity contribution in [2.75, 3.05) is 13.6 Å². The molecule has 1 saturated heterocycles. The number of carbonyl (C=O) groups excluding carboxylic acids is 2. The smallest absolute Gasteiger partial charge is 0.335 e. The first-order valence-electron chi connectivity index (χ1n) is 7.86. The summed E-state index contributed by atoms with van der Waals surface area (Å²) in [6, 6.07) is 6.16. The summed E-state index contributed by atoms with van der Waals surface area (Å²) in [6.07, 6.45) is 3.44. The Morgan fingerprint density at radius 1 is 1.22 bits per heavy atom. The Kier molecular flexibility index (Phi) is 5.73. The van der Waals surface area contributed by atoms with Crippen LogP contribution in [0.1, 0.15) is 41.6 Å². The molecule has 0 bridgehead atoms. The fourth-order valence-electron chi connectivity index (χ4n) is 2.88. The Labute approximate surface area is 135 Å². The number of hydrogen-bond donors (Lipinski definition) is 2. The molecule has 1 fully saturated rings. The number of likely N-dealkylation sites (N-methyl/N-ethyl adjacent to an activating group) is 1. The van der Waals surface area contributed by atoms with Gasteiger partial charge in [0.1, 0.15) is 6.04 Å². The van der Waals surface area contributed by atoms with Gasteiger partial charge in [-0.3, -0.25) is 9.59 Å².